The topological polar surface area (TPSA) is 35.0 Å². The zero-order valence-electron chi connectivity index (χ0n) is 9.04. The van der Waals surface area contributed by atoms with E-state index in [1.807, 2.05) is 24.3 Å². The highest BCUT2D eigenvalue weighted by Crippen LogP contribution is 2.23. The van der Waals surface area contributed by atoms with E-state index in [0.29, 0.717) is 17.4 Å². The number of nitrogens with zero attached hydrogens (tertiary/aromatic N) is 2. The average molecular weight is 267 g/mol. The highest BCUT2D eigenvalue weighted by Gasteiger charge is 2.00. The minimum Gasteiger partial charge on any atom is -0.491 e. The molecule has 1 heterocycles. The fourth-order valence-corrected chi connectivity index (χ4v) is 2.02. The van der Waals surface area contributed by atoms with E-state index < -0.39 is 0 Å². The van der Waals surface area contributed by atoms with Crippen molar-refractivity contribution in [3.8, 4) is 5.75 Å². The summed E-state index contributed by atoms with van der Waals surface area (Å²) in [5, 5.41) is 1.39. The Kier molecular flexibility index (Phi) is 4.64. The number of para-hydroxylation sites is 1. The molecule has 0 fully saturated rings. The molecular weight excluding hydrogens is 256 g/mol. The van der Waals surface area contributed by atoms with Crippen molar-refractivity contribution < 1.29 is 4.74 Å². The van der Waals surface area contributed by atoms with E-state index >= 15 is 0 Å². The fourth-order valence-electron chi connectivity index (χ4n) is 1.21. The van der Waals surface area contributed by atoms with Crippen LogP contribution in [-0.4, -0.2) is 22.3 Å². The maximum absolute atomic E-state index is 5.96. The second-order valence-corrected chi connectivity index (χ2v) is 4.63. The van der Waals surface area contributed by atoms with E-state index in [9.17, 15) is 0 Å². The lowest BCUT2D eigenvalue weighted by atomic mass is 10.3. The molecule has 88 valence electrons. The summed E-state index contributed by atoms with van der Waals surface area (Å²) < 4.78 is 5.55. The van der Waals surface area contributed by atoms with Gasteiger partial charge in [0.05, 0.1) is 11.6 Å². The Hall–Kier alpha value is -1.26. The molecule has 17 heavy (non-hydrogen) atoms. The van der Waals surface area contributed by atoms with Crippen molar-refractivity contribution in [3.63, 3.8) is 0 Å². The van der Waals surface area contributed by atoms with Crippen LogP contribution in [0.25, 0.3) is 0 Å². The molecule has 0 unspecified atom stereocenters. The van der Waals surface area contributed by atoms with Crippen LogP contribution in [0, 0.1) is 0 Å². The number of ether oxygens (including phenoxy) is 1. The molecule has 1 aromatic heterocycles. The largest absolute Gasteiger partial charge is 0.491 e. The number of hydrogen-bond acceptors (Lipinski definition) is 4. The molecule has 0 bridgehead atoms. The van der Waals surface area contributed by atoms with Gasteiger partial charge in [-0.15, -0.1) is 0 Å². The van der Waals surface area contributed by atoms with E-state index in [1.165, 1.54) is 0 Å². The van der Waals surface area contributed by atoms with Crippen LogP contribution in [0.15, 0.2) is 47.9 Å². The van der Waals surface area contributed by atoms with Gasteiger partial charge in [0, 0.05) is 18.1 Å². The summed E-state index contributed by atoms with van der Waals surface area (Å²) in [7, 11) is 0. The molecule has 0 aliphatic carbocycles. The SMILES string of the molecule is Clc1ccccc1OCCSc1ncccn1. The first kappa shape index (κ1) is 12.2. The highest BCUT2D eigenvalue weighted by atomic mass is 35.5. The normalized spacial score (nSPS) is 10.2. The third-order valence-electron chi connectivity index (χ3n) is 1.95. The first-order valence-corrected chi connectivity index (χ1v) is 6.50. The van der Waals surface area contributed by atoms with Crippen LogP contribution in [0.3, 0.4) is 0 Å². The summed E-state index contributed by atoms with van der Waals surface area (Å²) in [6.07, 6.45) is 3.45. The predicted octanol–water partition coefficient (Wildman–Crippen LogP) is 3.30. The summed E-state index contributed by atoms with van der Waals surface area (Å²) in [4.78, 5) is 8.22. The smallest absolute Gasteiger partial charge is 0.187 e. The van der Waals surface area contributed by atoms with Crippen molar-refractivity contribution >= 4 is 23.4 Å². The zero-order valence-corrected chi connectivity index (χ0v) is 10.6. The maximum atomic E-state index is 5.96. The summed E-state index contributed by atoms with van der Waals surface area (Å²) in [6.45, 7) is 0.576. The number of rotatable bonds is 5. The van der Waals surface area contributed by atoms with Gasteiger partial charge in [0.15, 0.2) is 5.16 Å². The van der Waals surface area contributed by atoms with Crippen LogP contribution in [0.4, 0.5) is 0 Å². The first-order valence-electron chi connectivity index (χ1n) is 5.13. The summed E-state index contributed by atoms with van der Waals surface area (Å²) in [6, 6.07) is 9.23. The monoisotopic (exact) mass is 266 g/mol. The number of benzene rings is 1. The molecular formula is C12H11ClN2OS. The van der Waals surface area contributed by atoms with Crippen molar-refractivity contribution in [3.05, 3.63) is 47.7 Å². The third-order valence-corrected chi connectivity index (χ3v) is 3.10. The maximum Gasteiger partial charge on any atom is 0.187 e. The minimum absolute atomic E-state index is 0.576. The molecule has 0 atom stereocenters. The van der Waals surface area contributed by atoms with Gasteiger partial charge >= 0.3 is 0 Å². The van der Waals surface area contributed by atoms with Gasteiger partial charge < -0.3 is 4.74 Å². The lowest BCUT2D eigenvalue weighted by molar-refractivity contribution is 0.344. The highest BCUT2D eigenvalue weighted by molar-refractivity contribution is 7.99. The van der Waals surface area contributed by atoms with Crippen molar-refractivity contribution in [2.24, 2.45) is 0 Å². The fraction of sp³-hybridized carbons (Fsp3) is 0.167. The van der Waals surface area contributed by atoms with Gasteiger partial charge in [0.25, 0.3) is 0 Å². The van der Waals surface area contributed by atoms with Crippen molar-refractivity contribution in [1.29, 1.82) is 0 Å². The Bertz CT molecular complexity index is 467. The molecule has 5 heteroatoms. The van der Waals surface area contributed by atoms with Crippen LogP contribution < -0.4 is 4.74 Å². The quantitative estimate of drug-likeness (QED) is 0.473. The summed E-state index contributed by atoms with van der Waals surface area (Å²) in [5.41, 5.74) is 0. The Morgan fingerprint density at radius 1 is 1.12 bits per heavy atom. The summed E-state index contributed by atoms with van der Waals surface area (Å²) >= 11 is 7.52. The van der Waals surface area contributed by atoms with Crippen LogP contribution in [0.1, 0.15) is 0 Å². The molecule has 3 nitrogen and oxygen atoms in total. The van der Waals surface area contributed by atoms with Gasteiger partial charge in [0.1, 0.15) is 5.75 Å². The van der Waals surface area contributed by atoms with E-state index in [2.05, 4.69) is 9.97 Å². The molecule has 0 saturated carbocycles. The molecule has 0 aliphatic rings. The molecule has 0 spiro atoms. The minimum atomic E-state index is 0.576. The zero-order chi connectivity index (χ0) is 11.9. The van der Waals surface area contributed by atoms with Crippen LogP contribution >= 0.6 is 23.4 Å². The number of aromatic nitrogens is 2. The lowest BCUT2D eigenvalue weighted by Crippen LogP contribution is -2.01. The van der Waals surface area contributed by atoms with Gasteiger partial charge in [-0.3, -0.25) is 0 Å². The number of hydrogen-bond donors (Lipinski definition) is 0. The first-order chi connectivity index (χ1) is 8.36. The molecule has 0 N–H and O–H groups in total. The van der Waals surface area contributed by atoms with E-state index in [-0.39, 0.29) is 0 Å². The molecule has 0 saturated heterocycles. The Morgan fingerprint density at radius 3 is 2.65 bits per heavy atom. The predicted molar refractivity (Wildman–Crippen MR) is 69.7 cm³/mol. The van der Waals surface area contributed by atoms with Gasteiger partial charge in [0.2, 0.25) is 0 Å². The van der Waals surface area contributed by atoms with E-state index in [0.717, 1.165) is 10.9 Å². The molecule has 1 aromatic carbocycles. The third kappa shape index (κ3) is 3.91. The van der Waals surface area contributed by atoms with Gasteiger partial charge in [-0.05, 0) is 18.2 Å². The van der Waals surface area contributed by atoms with Crippen molar-refractivity contribution in [2.75, 3.05) is 12.4 Å². The van der Waals surface area contributed by atoms with E-state index in [4.69, 9.17) is 16.3 Å². The molecule has 0 amide bonds. The molecule has 0 aliphatic heterocycles. The lowest BCUT2D eigenvalue weighted by Gasteiger charge is -2.06. The van der Waals surface area contributed by atoms with Crippen molar-refractivity contribution in [2.45, 2.75) is 5.16 Å². The summed E-state index contributed by atoms with van der Waals surface area (Å²) in [5.74, 6) is 1.50. The molecule has 2 aromatic rings. The second kappa shape index (κ2) is 6.47. The Labute approximate surface area is 109 Å². The van der Waals surface area contributed by atoms with Gasteiger partial charge in [-0.2, -0.15) is 0 Å². The van der Waals surface area contributed by atoms with Crippen LogP contribution in [0.5, 0.6) is 5.75 Å². The average Bonchev–Trinajstić information content (AvgIpc) is 2.38. The van der Waals surface area contributed by atoms with Gasteiger partial charge in [-0.25, -0.2) is 9.97 Å². The standard InChI is InChI=1S/C12H11ClN2OS/c13-10-4-1-2-5-11(10)16-8-9-17-12-14-6-3-7-15-12/h1-7H,8-9H2. The van der Waals surface area contributed by atoms with Crippen LogP contribution in [0.2, 0.25) is 5.02 Å². The van der Waals surface area contributed by atoms with Crippen LogP contribution in [-0.2, 0) is 0 Å². The van der Waals surface area contributed by atoms with Crippen molar-refractivity contribution in [1.82, 2.24) is 9.97 Å². The molecule has 0 radical (unpaired) electrons. The Balaban J connectivity index is 1.76. The molecule has 2 rings (SSSR count). The number of thioether (sulfide) groups is 1. The number of halogens is 1. The van der Waals surface area contributed by atoms with Gasteiger partial charge in [-0.1, -0.05) is 35.5 Å². The second-order valence-electron chi connectivity index (χ2n) is 3.16. The Morgan fingerprint density at radius 2 is 1.88 bits per heavy atom. The van der Waals surface area contributed by atoms with E-state index in [1.54, 1.807) is 30.2 Å².